The van der Waals surface area contributed by atoms with Crippen LogP contribution in [0, 0.1) is 0 Å². The van der Waals surface area contributed by atoms with Crippen molar-refractivity contribution in [3.05, 3.63) is 42.0 Å². The lowest BCUT2D eigenvalue weighted by Crippen LogP contribution is -2.11. The molecule has 0 fully saturated rings. The van der Waals surface area contributed by atoms with E-state index in [9.17, 15) is 4.79 Å². The molecular formula is C14H18O4. The van der Waals surface area contributed by atoms with Crippen molar-refractivity contribution < 1.29 is 19.0 Å². The molecule has 0 amide bonds. The van der Waals surface area contributed by atoms with Crippen molar-refractivity contribution in [2.24, 2.45) is 0 Å². The minimum absolute atomic E-state index is 0.171. The number of carbonyl (C=O) groups excluding carboxylic acids is 1. The average molecular weight is 250 g/mol. The first-order valence-electron chi connectivity index (χ1n) is 5.73. The molecule has 98 valence electrons. The Morgan fingerprint density at radius 1 is 1.28 bits per heavy atom. The highest BCUT2D eigenvalue weighted by Crippen LogP contribution is 2.12. The van der Waals surface area contributed by atoms with Gasteiger partial charge in [-0.25, -0.2) is 4.79 Å². The lowest BCUT2D eigenvalue weighted by atomic mass is 10.2. The quantitative estimate of drug-likeness (QED) is 0.550. The summed E-state index contributed by atoms with van der Waals surface area (Å²) in [6.45, 7) is 6.30. The Morgan fingerprint density at radius 2 is 1.94 bits per heavy atom. The van der Waals surface area contributed by atoms with E-state index in [1.54, 1.807) is 14.0 Å². The molecule has 0 saturated carbocycles. The first-order chi connectivity index (χ1) is 8.67. The van der Waals surface area contributed by atoms with Crippen molar-refractivity contribution in [2.75, 3.05) is 20.3 Å². The Balaban J connectivity index is 2.32. The Bertz CT molecular complexity index is 395. The van der Waals surface area contributed by atoms with Gasteiger partial charge in [0, 0.05) is 0 Å². The van der Waals surface area contributed by atoms with Crippen molar-refractivity contribution >= 4 is 5.97 Å². The molecule has 0 atom stereocenters. The number of methoxy groups -OCH3 is 1. The number of benzene rings is 1. The first kappa shape index (κ1) is 14.3. The van der Waals surface area contributed by atoms with E-state index < -0.39 is 5.97 Å². The minimum Gasteiger partial charge on any atom is -0.497 e. The van der Waals surface area contributed by atoms with Gasteiger partial charge < -0.3 is 14.2 Å². The molecule has 18 heavy (non-hydrogen) atoms. The van der Waals surface area contributed by atoms with Crippen LogP contribution in [0.2, 0.25) is 0 Å². The second-order valence-electron chi connectivity index (χ2n) is 3.66. The Hall–Kier alpha value is -1.81. The second kappa shape index (κ2) is 7.50. The van der Waals surface area contributed by atoms with Crippen molar-refractivity contribution in [3.8, 4) is 5.75 Å². The summed E-state index contributed by atoms with van der Waals surface area (Å²) in [5.41, 5.74) is 1.33. The molecule has 0 heterocycles. The van der Waals surface area contributed by atoms with E-state index in [1.165, 1.54) is 0 Å². The van der Waals surface area contributed by atoms with Crippen LogP contribution in [0.5, 0.6) is 5.75 Å². The molecule has 0 unspecified atom stereocenters. The molecule has 0 spiro atoms. The molecule has 1 aromatic rings. The van der Waals surface area contributed by atoms with Gasteiger partial charge >= 0.3 is 5.97 Å². The van der Waals surface area contributed by atoms with E-state index in [2.05, 4.69) is 6.58 Å². The van der Waals surface area contributed by atoms with Crippen LogP contribution in [-0.4, -0.2) is 26.3 Å². The maximum atomic E-state index is 11.3. The topological polar surface area (TPSA) is 44.8 Å². The smallest absolute Gasteiger partial charge is 0.335 e. The lowest BCUT2D eigenvalue weighted by Gasteiger charge is -2.07. The van der Waals surface area contributed by atoms with Crippen molar-refractivity contribution in [2.45, 2.75) is 13.5 Å². The maximum absolute atomic E-state index is 11.3. The van der Waals surface area contributed by atoms with Gasteiger partial charge in [-0.3, -0.25) is 0 Å². The van der Waals surface area contributed by atoms with Gasteiger partial charge in [-0.15, -0.1) is 0 Å². The largest absolute Gasteiger partial charge is 0.497 e. The van der Waals surface area contributed by atoms with Gasteiger partial charge in [0.15, 0.2) is 0 Å². The van der Waals surface area contributed by atoms with Gasteiger partial charge in [0.2, 0.25) is 0 Å². The summed E-state index contributed by atoms with van der Waals surface area (Å²) in [6.07, 6.45) is 0. The SMILES string of the molecule is C=C(COCc1ccc(OC)cc1)C(=O)OCC. The number of rotatable bonds is 7. The Morgan fingerprint density at radius 3 is 2.50 bits per heavy atom. The fourth-order valence-corrected chi connectivity index (χ4v) is 1.31. The molecule has 0 radical (unpaired) electrons. The number of hydrogen-bond acceptors (Lipinski definition) is 4. The third kappa shape index (κ3) is 4.59. The van der Waals surface area contributed by atoms with Crippen LogP contribution >= 0.6 is 0 Å². The van der Waals surface area contributed by atoms with E-state index in [0.717, 1.165) is 11.3 Å². The van der Waals surface area contributed by atoms with Crippen LogP contribution in [0.25, 0.3) is 0 Å². The predicted octanol–water partition coefficient (Wildman–Crippen LogP) is 2.33. The number of ether oxygens (including phenoxy) is 3. The molecule has 4 nitrogen and oxygen atoms in total. The normalized spacial score (nSPS) is 9.89. The van der Waals surface area contributed by atoms with Crippen LogP contribution in [-0.2, 0) is 20.9 Å². The molecule has 0 aliphatic rings. The van der Waals surface area contributed by atoms with E-state index in [4.69, 9.17) is 14.2 Å². The predicted molar refractivity (Wildman–Crippen MR) is 68.4 cm³/mol. The summed E-state index contributed by atoms with van der Waals surface area (Å²) in [6, 6.07) is 7.54. The summed E-state index contributed by atoms with van der Waals surface area (Å²) in [5.74, 6) is 0.391. The first-order valence-corrected chi connectivity index (χ1v) is 5.73. The van der Waals surface area contributed by atoms with E-state index in [0.29, 0.717) is 18.8 Å². The van der Waals surface area contributed by atoms with E-state index in [-0.39, 0.29) is 6.61 Å². The summed E-state index contributed by atoms with van der Waals surface area (Å²) >= 11 is 0. The fourth-order valence-electron chi connectivity index (χ4n) is 1.31. The summed E-state index contributed by atoms with van der Waals surface area (Å²) in [7, 11) is 1.62. The molecule has 0 N–H and O–H groups in total. The zero-order chi connectivity index (χ0) is 13.4. The number of carbonyl (C=O) groups is 1. The maximum Gasteiger partial charge on any atom is 0.335 e. The standard InChI is InChI=1S/C14H18O4/c1-4-18-14(15)11(2)9-17-10-12-5-7-13(16-3)8-6-12/h5-8H,2,4,9-10H2,1,3H3. The van der Waals surface area contributed by atoms with Crippen LogP contribution in [0.1, 0.15) is 12.5 Å². The van der Waals surface area contributed by atoms with Gasteiger partial charge in [-0.2, -0.15) is 0 Å². The van der Waals surface area contributed by atoms with Crippen LogP contribution in [0.15, 0.2) is 36.4 Å². The summed E-state index contributed by atoms with van der Waals surface area (Å²) in [4.78, 5) is 11.3. The fraction of sp³-hybridized carbons (Fsp3) is 0.357. The van der Waals surface area contributed by atoms with Crippen LogP contribution in [0.4, 0.5) is 0 Å². The molecule has 0 aliphatic carbocycles. The zero-order valence-electron chi connectivity index (χ0n) is 10.8. The molecule has 1 aromatic carbocycles. The number of hydrogen-bond donors (Lipinski definition) is 0. The molecule has 0 saturated heterocycles. The third-order valence-electron chi connectivity index (χ3n) is 2.27. The van der Waals surface area contributed by atoms with Gasteiger partial charge in [0.05, 0.1) is 32.5 Å². The molecular weight excluding hydrogens is 232 g/mol. The molecule has 1 rings (SSSR count). The van der Waals surface area contributed by atoms with E-state index in [1.807, 2.05) is 24.3 Å². The van der Waals surface area contributed by atoms with Crippen LogP contribution < -0.4 is 4.74 Å². The minimum atomic E-state index is -0.410. The Kier molecular flexibility index (Phi) is 5.94. The van der Waals surface area contributed by atoms with Crippen molar-refractivity contribution in [1.82, 2.24) is 0 Å². The number of esters is 1. The summed E-state index contributed by atoms with van der Waals surface area (Å²) < 4.78 is 15.2. The zero-order valence-corrected chi connectivity index (χ0v) is 10.8. The van der Waals surface area contributed by atoms with Gasteiger partial charge in [0.25, 0.3) is 0 Å². The van der Waals surface area contributed by atoms with Gasteiger partial charge in [-0.1, -0.05) is 18.7 Å². The average Bonchev–Trinajstić information content (AvgIpc) is 2.39. The highest BCUT2D eigenvalue weighted by atomic mass is 16.5. The van der Waals surface area contributed by atoms with Crippen LogP contribution in [0.3, 0.4) is 0 Å². The monoisotopic (exact) mass is 250 g/mol. The van der Waals surface area contributed by atoms with E-state index >= 15 is 0 Å². The Labute approximate surface area is 107 Å². The second-order valence-corrected chi connectivity index (χ2v) is 3.66. The highest BCUT2D eigenvalue weighted by Gasteiger charge is 2.07. The molecule has 4 heteroatoms. The van der Waals surface area contributed by atoms with Gasteiger partial charge in [0.1, 0.15) is 5.75 Å². The highest BCUT2D eigenvalue weighted by molar-refractivity contribution is 5.87. The molecule has 0 aromatic heterocycles. The lowest BCUT2D eigenvalue weighted by molar-refractivity contribution is -0.139. The van der Waals surface area contributed by atoms with Crippen molar-refractivity contribution in [1.29, 1.82) is 0 Å². The molecule has 0 bridgehead atoms. The third-order valence-corrected chi connectivity index (χ3v) is 2.27. The van der Waals surface area contributed by atoms with Crippen molar-refractivity contribution in [3.63, 3.8) is 0 Å². The summed E-state index contributed by atoms with van der Waals surface area (Å²) in [5, 5.41) is 0. The molecule has 0 aliphatic heterocycles. The van der Waals surface area contributed by atoms with Gasteiger partial charge in [-0.05, 0) is 24.6 Å².